The number of hydrogen-bond acceptors (Lipinski definition) is 0. The summed E-state index contributed by atoms with van der Waals surface area (Å²) in [6.45, 7) is 4.66. The van der Waals surface area contributed by atoms with Gasteiger partial charge in [-0.2, -0.15) is 0 Å². The van der Waals surface area contributed by atoms with E-state index in [9.17, 15) is 0 Å². The first-order chi connectivity index (χ1) is 7.79. The Balaban J connectivity index is 2.40. The van der Waals surface area contributed by atoms with Gasteiger partial charge >= 0.3 is 0 Å². The van der Waals surface area contributed by atoms with Crippen LogP contribution in [0.3, 0.4) is 0 Å². The Morgan fingerprint density at radius 1 is 0.688 bits per heavy atom. The molecule has 0 aliphatic carbocycles. The highest BCUT2D eigenvalue weighted by atomic mass is 31.1. The van der Waals surface area contributed by atoms with Gasteiger partial charge in [-0.15, -0.1) is 0 Å². The van der Waals surface area contributed by atoms with E-state index in [4.69, 9.17) is 0 Å². The van der Waals surface area contributed by atoms with Crippen LogP contribution in [0.1, 0.15) is 13.8 Å². The molecule has 0 saturated heterocycles. The van der Waals surface area contributed by atoms with Crippen LogP contribution in [0.4, 0.5) is 0 Å². The van der Waals surface area contributed by atoms with Gasteiger partial charge in [0.05, 0.1) is 24.2 Å². The van der Waals surface area contributed by atoms with E-state index in [1.807, 2.05) is 0 Å². The summed E-state index contributed by atoms with van der Waals surface area (Å²) in [6.07, 6.45) is 0. The Morgan fingerprint density at radius 2 is 1.06 bits per heavy atom. The quantitative estimate of drug-likeness (QED) is 0.709. The van der Waals surface area contributed by atoms with Gasteiger partial charge in [-0.3, -0.25) is 0 Å². The summed E-state index contributed by atoms with van der Waals surface area (Å²) in [5.74, 6) is 0. The highest BCUT2D eigenvalue weighted by Crippen LogP contribution is 2.38. The third kappa shape index (κ3) is 2.51. The van der Waals surface area contributed by atoms with E-state index < -0.39 is 7.92 Å². The number of benzene rings is 2. The predicted octanol–water partition coefficient (Wildman–Crippen LogP) is 3.26. The summed E-state index contributed by atoms with van der Waals surface area (Å²) in [5, 5.41) is 3.02. The van der Waals surface area contributed by atoms with Crippen LogP contribution < -0.4 is 10.6 Å². The van der Waals surface area contributed by atoms with Gasteiger partial charge in [0.2, 0.25) is 0 Å². The Morgan fingerprint density at radius 3 is 1.38 bits per heavy atom. The molecule has 0 bridgehead atoms. The summed E-state index contributed by atoms with van der Waals surface area (Å²) in [7, 11) is -0.617. The van der Waals surface area contributed by atoms with Crippen molar-refractivity contribution < 1.29 is 0 Å². The zero-order valence-electron chi connectivity index (χ0n) is 9.85. The minimum atomic E-state index is -0.617. The van der Waals surface area contributed by atoms with Crippen LogP contribution in [-0.2, 0) is 0 Å². The molecular weight excluding hydrogens is 211 g/mol. The summed E-state index contributed by atoms with van der Waals surface area (Å²) >= 11 is 0. The lowest BCUT2D eigenvalue weighted by atomic mass is 10.4. The van der Waals surface area contributed by atoms with E-state index in [0.717, 1.165) is 5.66 Å². The Hall–Kier alpha value is -1.13. The average Bonchev–Trinajstić information content (AvgIpc) is 2.31. The standard InChI is InChI=1S/C15H17P/c1-13(2)16(14-9-5-3-6-10-14)15-11-7-4-8-12-15/h3-13H,1-2H3/p+1. The first-order valence-corrected chi connectivity index (χ1v) is 7.34. The van der Waals surface area contributed by atoms with Crippen LogP contribution in [0.5, 0.6) is 0 Å². The SMILES string of the molecule is CC(C)[PH+](c1ccccc1)c1ccccc1. The second kappa shape index (κ2) is 5.27. The number of hydrogen-bond donors (Lipinski definition) is 0. The molecule has 0 heterocycles. The molecule has 0 fully saturated rings. The molecule has 2 rings (SSSR count). The average molecular weight is 229 g/mol. The molecule has 0 aromatic heterocycles. The van der Waals surface area contributed by atoms with Gasteiger partial charge in [0.1, 0.15) is 0 Å². The molecule has 0 unspecified atom stereocenters. The molecule has 0 saturated carbocycles. The lowest BCUT2D eigenvalue weighted by molar-refractivity contribution is 1.10. The lowest BCUT2D eigenvalue weighted by Crippen LogP contribution is -2.17. The van der Waals surface area contributed by atoms with Crippen molar-refractivity contribution in [2.75, 3.05) is 0 Å². The third-order valence-electron chi connectivity index (χ3n) is 2.75. The second-order valence-corrected chi connectivity index (χ2v) is 7.44. The second-order valence-electron chi connectivity index (χ2n) is 4.30. The maximum atomic E-state index is 2.33. The van der Waals surface area contributed by atoms with Gasteiger partial charge in [-0.05, 0) is 38.1 Å². The minimum absolute atomic E-state index is 0.617. The van der Waals surface area contributed by atoms with Gasteiger partial charge in [-0.1, -0.05) is 36.4 Å². The molecule has 82 valence electrons. The molecule has 0 aliphatic rings. The number of rotatable bonds is 3. The summed E-state index contributed by atoms with van der Waals surface area (Å²) < 4.78 is 0. The molecule has 0 N–H and O–H groups in total. The van der Waals surface area contributed by atoms with Crippen molar-refractivity contribution in [3.63, 3.8) is 0 Å². The molecule has 2 aromatic carbocycles. The molecule has 2 aromatic rings. The smallest absolute Gasteiger partial charge is 0.0620 e. The third-order valence-corrected chi connectivity index (χ3v) is 5.81. The van der Waals surface area contributed by atoms with Gasteiger partial charge < -0.3 is 0 Å². The van der Waals surface area contributed by atoms with Crippen molar-refractivity contribution in [1.29, 1.82) is 0 Å². The monoisotopic (exact) mass is 229 g/mol. The van der Waals surface area contributed by atoms with Gasteiger partial charge in [-0.25, -0.2) is 0 Å². The molecule has 16 heavy (non-hydrogen) atoms. The van der Waals surface area contributed by atoms with E-state index in [-0.39, 0.29) is 0 Å². The fourth-order valence-electron chi connectivity index (χ4n) is 2.07. The first-order valence-electron chi connectivity index (χ1n) is 5.76. The first kappa shape index (κ1) is 11.4. The fraction of sp³-hybridized carbons (Fsp3) is 0.200. The van der Waals surface area contributed by atoms with Crippen LogP contribution in [0, 0.1) is 0 Å². The molecule has 1 heteroatoms. The minimum Gasteiger partial charge on any atom is -0.0620 e. The van der Waals surface area contributed by atoms with Crippen LogP contribution >= 0.6 is 7.92 Å². The van der Waals surface area contributed by atoms with Gasteiger partial charge in [0.25, 0.3) is 0 Å². The molecule has 0 amide bonds. The zero-order chi connectivity index (χ0) is 11.4. The van der Waals surface area contributed by atoms with Crippen LogP contribution in [0.25, 0.3) is 0 Å². The van der Waals surface area contributed by atoms with Crippen molar-refractivity contribution in [2.24, 2.45) is 0 Å². The molecule has 0 spiro atoms. The van der Waals surface area contributed by atoms with E-state index in [0.29, 0.717) is 0 Å². The molecule has 0 aliphatic heterocycles. The van der Waals surface area contributed by atoms with Gasteiger partial charge in [0.15, 0.2) is 0 Å². The van der Waals surface area contributed by atoms with E-state index in [1.165, 1.54) is 10.6 Å². The maximum Gasteiger partial charge on any atom is 0.0969 e. The van der Waals surface area contributed by atoms with Gasteiger partial charge in [0, 0.05) is 0 Å². The Bertz CT molecular complexity index is 380. The fourth-order valence-corrected chi connectivity index (χ4v) is 4.84. The van der Waals surface area contributed by atoms with E-state index >= 15 is 0 Å². The zero-order valence-corrected chi connectivity index (χ0v) is 10.9. The molecule has 0 atom stereocenters. The maximum absolute atomic E-state index is 2.33. The van der Waals surface area contributed by atoms with Crippen LogP contribution in [-0.4, -0.2) is 5.66 Å². The Kier molecular flexibility index (Phi) is 3.74. The highest BCUT2D eigenvalue weighted by molar-refractivity contribution is 7.73. The van der Waals surface area contributed by atoms with Crippen LogP contribution in [0.15, 0.2) is 60.7 Å². The van der Waals surface area contributed by atoms with Crippen molar-refractivity contribution in [3.8, 4) is 0 Å². The Labute approximate surface area is 99.1 Å². The molecule has 0 radical (unpaired) electrons. The summed E-state index contributed by atoms with van der Waals surface area (Å²) in [4.78, 5) is 0. The van der Waals surface area contributed by atoms with Crippen molar-refractivity contribution in [1.82, 2.24) is 0 Å². The normalized spacial score (nSPS) is 11.0. The largest absolute Gasteiger partial charge is 0.0969 e. The van der Waals surface area contributed by atoms with Crippen molar-refractivity contribution in [2.45, 2.75) is 19.5 Å². The van der Waals surface area contributed by atoms with E-state index in [2.05, 4.69) is 74.5 Å². The van der Waals surface area contributed by atoms with E-state index in [1.54, 1.807) is 0 Å². The predicted molar refractivity (Wildman–Crippen MR) is 75.6 cm³/mol. The van der Waals surface area contributed by atoms with Crippen molar-refractivity contribution in [3.05, 3.63) is 60.7 Å². The van der Waals surface area contributed by atoms with Crippen molar-refractivity contribution >= 4 is 18.5 Å². The summed E-state index contributed by atoms with van der Waals surface area (Å²) in [5.41, 5.74) is 0.717. The summed E-state index contributed by atoms with van der Waals surface area (Å²) in [6, 6.07) is 21.8. The van der Waals surface area contributed by atoms with Crippen LogP contribution in [0.2, 0.25) is 0 Å². The highest BCUT2D eigenvalue weighted by Gasteiger charge is 2.25. The molecule has 0 nitrogen and oxygen atoms in total. The molecular formula is C15H18P+. The topological polar surface area (TPSA) is 0 Å². The lowest BCUT2D eigenvalue weighted by Gasteiger charge is -2.13.